The molecule has 0 amide bonds. The lowest BCUT2D eigenvalue weighted by Crippen LogP contribution is -2.22. The number of hydrogen-bond acceptors (Lipinski definition) is 5. The quantitative estimate of drug-likeness (QED) is 0.625. The number of aromatic nitrogens is 2. The van der Waals surface area contributed by atoms with Gasteiger partial charge in [-0.1, -0.05) is 17.7 Å². The molecule has 3 aromatic rings. The number of fused-ring (bicyclic) bond motifs is 1. The normalized spacial score (nSPS) is 12.8. The summed E-state index contributed by atoms with van der Waals surface area (Å²) in [6, 6.07) is 10.1. The number of benzene rings is 2. The van der Waals surface area contributed by atoms with Gasteiger partial charge < -0.3 is 14.4 Å². The van der Waals surface area contributed by atoms with Gasteiger partial charge in [-0.15, -0.1) is 0 Å². The molecule has 1 aliphatic heterocycles. The van der Waals surface area contributed by atoms with Crippen LogP contribution in [-0.2, 0) is 13.2 Å². The van der Waals surface area contributed by atoms with Crippen molar-refractivity contribution in [2.24, 2.45) is 0 Å². The Labute approximate surface area is 169 Å². The molecule has 2 heterocycles. The lowest BCUT2D eigenvalue weighted by atomic mass is 10.2. The molecule has 0 aliphatic carbocycles. The van der Waals surface area contributed by atoms with Crippen LogP contribution in [0.1, 0.15) is 5.56 Å². The molecule has 0 bridgehead atoms. The fourth-order valence-corrected chi connectivity index (χ4v) is 3.22. The summed E-state index contributed by atoms with van der Waals surface area (Å²) in [6.45, 7) is 1.10. The number of halogens is 3. The Kier molecular flexibility index (Phi) is 5.10. The molecule has 0 saturated carbocycles. The van der Waals surface area contributed by atoms with Crippen molar-refractivity contribution in [2.75, 3.05) is 18.5 Å². The first-order valence-corrected chi connectivity index (χ1v) is 9.15. The van der Waals surface area contributed by atoms with Crippen molar-refractivity contribution < 1.29 is 18.3 Å². The molecule has 0 spiro atoms. The maximum atomic E-state index is 14.4. The molecular formula is C20H16ClF2N3O3. The summed E-state index contributed by atoms with van der Waals surface area (Å²) in [7, 11) is 1.85. The van der Waals surface area contributed by atoms with Crippen molar-refractivity contribution in [1.29, 1.82) is 0 Å². The largest absolute Gasteiger partial charge is 0.473 e. The van der Waals surface area contributed by atoms with Crippen LogP contribution < -0.4 is 20.1 Å². The highest BCUT2D eigenvalue weighted by atomic mass is 35.5. The Morgan fingerprint density at radius 1 is 1.14 bits per heavy atom. The van der Waals surface area contributed by atoms with Gasteiger partial charge in [-0.25, -0.2) is 13.6 Å². The SMILES string of the molecule is CN1CCn2c1cc(OCc1cc(F)c(Oc3cccc(Cl)c3)c(F)c1)nc2=O. The number of likely N-dealkylation sites (N-methyl/N-ethyl adjacent to an activating group) is 1. The summed E-state index contributed by atoms with van der Waals surface area (Å²) < 4.78 is 41.1. The number of rotatable bonds is 5. The third-order valence-electron chi connectivity index (χ3n) is 4.48. The van der Waals surface area contributed by atoms with E-state index in [0.717, 1.165) is 12.1 Å². The van der Waals surface area contributed by atoms with Gasteiger partial charge in [0, 0.05) is 31.2 Å². The van der Waals surface area contributed by atoms with Crippen LogP contribution in [0.5, 0.6) is 17.4 Å². The molecule has 150 valence electrons. The van der Waals surface area contributed by atoms with Crippen LogP contribution in [-0.4, -0.2) is 23.1 Å². The van der Waals surface area contributed by atoms with Gasteiger partial charge in [-0.3, -0.25) is 4.57 Å². The van der Waals surface area contributed by atoms with E-state index in [-0.39, 0.29) is 23.8 Å². The number of ether oxygens (including phenoxy) is 2. The zero-order chi connectivity index (χ0) is 20.5. The summed E-state index contributed by atoms with van der Waals surface area (Å²) in [5.74, 6) is -1.31. The summed E-state index contributed by atoms with van der Waals surface area (Å²) in [5, 5.41) is 0.386. The second-order valence-electron chi connectivity index (χ2n) is 6.55. The maximum absolute atomic E-state index is 14.4. The van der Waals surface area contributed by atoms with Gasteiger partial charge >= 0.3 is 5.69 Å². The summed E-state index contributed by atoms with van der Waals surface area (Å²) in [5.41, 5.74) is -0.196. The molecule has 0 fully saturated rings. The van der Waals surface area contributed by atoms with Crippen LogP contribution >= 0.6 is 11.6 Å². The van der Waals surface area contributed by atoms with Crippen LogP contribution in [0.15, 0.2) is 47.3 Å². The van der Waals surface area contributed by atoms with E-state index in [1.807, 2.05) is 11.9 Å². The minimum Gasteiger partial charge on any atom is -0.473 e. The van der Waals surface area contributed by atoms with Crippen LogP contribution in [0, 0.1) is 11.6 Å². The first-order valence-electron chi connectivity index (χ1n) is 8.78. The van der Waals surface area contributed by atoms with Crippen LogP contribution in [0.3, 0.4) is 0 Å². The average Bonchev–Trinajstić information content (AvgIpc) is 3.05. The highest BCUT2D eigenvalue weighted by Gasteiger charge is 2.19. The third-order valence-corrected chi connectivity index (χ3v) is 4.71. The Balaban J connectivity index is 1.51. The average molecular weight is 420 g/mol. The fraction of sp³-hybridized carbons (Fsp3) is 0.200. The predicted molar refractivity (Wildman–Crippen MR) is 104 cm³/mol. The number of anilines is 1. The van der Waals surface area contributed by atoms with E-state index < -0.39 is 23.1 Å². The Morgan fingerprint density at radius 3 is 2.62 bits per heavy atom. The molecule has 0 N–H and O–H groups in total. The molecule has 2 aromatic carbocycles. The molecule has 0 radical (unpaired) electrons. The van der Waals surface area contributed by atoms with Crippen LogP contribution in [0.25, 0.3) is 0 Å². The van der Waals surface area contributed by atoms with Crippen LogP contribution in [0.2, 0.25) is 5.02 Å². The first-order chi connectivity index (χ1) is 13.9. The Morgan fingerprint density at radius 2 is 1.90 bits per heavy atom. The minimum atomic E-state index is -0.884. The molecule has 1 aliphatic rings. The van der Waals surface area contributed by atoms with Crippen LogP contribution in [0.4, 0.5) is 14.6 Å². The highest BCUT2D eigenvalue weighted by molar-refractivity contribution is 6.30. The standard InChI is InChI=1S/C20H16ClF2N3O3/c1-25-5-6-26-18(25)10-17(24-20(26)27)28-11-12-7-15(22)19(16(23)8-12)29-14-4-2-3-13(21)9-14/h2-4,7-10H,5-6,11H2,1H3. The molecule has 6 nitrogen and oxygen atoms in total. The highest BCUT2D eigenvalue weighted by Crippen LogP contribution is 2.30. The van der Waals surface area contributed by atoms with Gasteiger partial charge in [-0.05, 0) is 35.9 Å². The van der Waals surface area contributed by atoms with Crippen molar-refractivity contribution in [2.45, 2.75) is 13.2 Å². The van der Waals surface area contributed by atoms with E-state index >= 15 is 0 Å². The lowest BCUT2D eigenvalue weighted by molar-refractivity contribution is 0.289. The molecule has 0 unspecified atom stereocenters. The van der Waals surface area contributed by atoms with Gasteiger partial charge in [-0.2, -0.15) is 4.98 Å². The Bertz CT molecular complexity index is 1110. The summed E-state index contributed by atoms with van der Waals surface area (Å²) >= 11 is 5.85. The van der Waals surface area contributed by atoms with E-state index in [9.17, 15) is 13.6 Å². The second kappa shape index (κ2) is 7.71. The molecule has 9 heteroatoms. The van der Waals surface area contributed by atoms with Crippen molar-refractivity contribution in [3.8, 4) is 17.4 Å². The molecule has 29 heavy (non-hydrogen) atoms. The van der Waals surface area contributed by atoms with E-state index in [1.54, 1.807) is 18.2 Å². The van der Waals surface area contributed by atoms with Crippen molar-refractivity contribution in [3.05, 3.63) is 75.2 Å². The molecular weight excluding hydrogens is 404 g/mol. The maximum Gasteiger partial charge on any atom is 0.352 e. The smallest absolute Gasteiger partial charge is 0.352 e. The summed E-state index contributed by atoms with van der Waals surface area (Å²) in [6.07, 6.45) is 0. The number of hydrogen-bond donors (Lipinski definition) is 0. The summed E-state index contributed by atoms with van der Waals surface area (Å²) in [4.78, 5) is 17.8. The first kappa shape index (κ1) is 19.2. The fourth-order valence-electron chi connectivity index (χ4n) is 3.04. The zero-order valence-electron chi connectivity index (χ0n) is 15.4. The molecule has 1 aromatic heterocycles. The molecule has 0 saturated heterocycles. The monoisotopic (exact) mass is 419 g/mol. The van der Waals surface area contributed by atoms with Gasteiger partial charge in [0.05, 0.1) is 0 Å². The van der Waals surface area contributed by atoms with Crippen molar-refractivity contribution in [3.63, 3.8) is 0 Å². The van der Waals surface area contributed by atoms with Crippen molar-refractivity contribution in [1.82, 2.24) is 9.55 Å². The van der Waals surface area contributed by atoms with Gasteiger partial charge in [0.1, 0.15) is 18.2 Å². The second-order valence-corrected chi connectivity index (χ2v) is 6.98. The minimum absolute atomic E-state index is 0.0927. The van der Waals surface area contributed by atoms with Gasteiger partial charge in [0.2, 0.25) is 5.88 Å². The molecule has 4 rings (SSSR count). The zero-order valence-corrected chi connectivity index (χ0v) is 16.1. The van der Waals surface area contributed by atoms with E-state index in [2.05, 4.69) is 4.98 Å². The number of nitrogens with zero attached hydrogens (tertiary/aromatic N) is 3. The van der Waals surface area contributed by atoms with E-state index in [4.69, 9.17) is 21.1 Å². The predicted octanol–water partition coefficient (Wildman–Crippen LogP) is 4.00. The van der Waals surface area contributed by atoms with Crippen molar-refractivity contribution >= 4 is 17.4 Å². The van der Waals surface area contributed by atoms with E-state index in [0.29, 0.717) is 23.9 Å². The van der Waals surface area contributed by atoms with Gasteiger partial charge in [0.15, 0.2) is 17.4 Å². The third kappa shape index (κ3) is 4.02. The van der Waals surface area contributed by atoms with Gasteiger partial charge in [0.25, 0.3) is 0 Å². The van der Waals surface area contributed by atoms with E-state index in [1.165, 1.54) is 16.7 Å². The topological polar surface area (TPSA) is 56.6 Å². The Hall–Kier alpha value is -3.13. The molecule has 0 atom stereocenters. The lowest BCUT2D eigenvalue weighted by Gasteiger charge is -2.13.